The molecule has 0 aliphatic rings. The van der Waals surface area contributed by atoms with E-state index in [9.17, 15) is 5.11 Å². The van der Waals surface area contributed by atoms with Crippen LogP contribution in [0.1, 0.15) is 25.3 Å². The molecular formula is C12H15NO. The third kappa shape index (κ3) is 1.27. The van der Waals surface area contributed by atoms with E-state index in [4.69, 9.17) is 0 Å². The van der Waals surface area contributed by atoms with Gasteiger partial charge in [0.15, 0.2) is 0 Å². The SMILES string of the molecule is CC(C)c1cc2c(ccn2C)cc1O. The maximum Gasteiger partial charge on any atom is 0.119 e. The summed E-state index contributed by atoms with van der Waals surface area (Å²) in [5.41, 5.74) is 2.19. The third-order valence-electron chi connectivity index (χ3n) is 2.66. The lowest BCUT2D eigenvalue weighted by Crippen LogP contribution is -1.90. The van der Waals surface area contributed by atoms with Crippen LogP contribution in [-0.2, 0) is 7.05 Å². The summed E-state index contributed by atoms with van der Waals surface area (Å²) in [5.74, 6) is 0.757. The molecule has 0 saturated carbocycles. The topological polar surface area (TPSA) is 25.2 Å². The van der Waals surface area contributed by atoms with Gasteiger partial charge in [-0.25, -0.2) is 0 Å². The molecule has 0 amide bonds. The highest BCUT2D eigenvalue weighted by Gasteiger charge is 2.08. The molecule has 1 N–H and O–H groups in total. The fraction of sp³-hybridized carbons (Fsp3) is 0.333. The lowest BCUT2D eigenvalue weighted by atomic mass is 10.0. The Morgan fingerprint density at radius 2 is 2.00 bits per heavy atom. The molecule has 0 aliphatic heterocycles. The normalized spacial score (nSPS) is 11.4. The number of nitrogens with zero attached hydrogens (tertiary/aromatic N) is 1. The van der Waals surface area contributed by atoms with E-state index in [0.29, 0.717) is 11.7 Å². The molecule has 0 spiro atoms. The maximum atomic E-state index is 9.78. The second-order valence-electron chi connectivity index (χ2n) is 4.05. The number of fused-ring (bicyclic) bond motifs is 1. The van der Waals surface area contributed by atoms with Gasteiger partial charge in [-0.05, 0) is 29.7 Å². The highest BCUT2D eigenvalue weighted by atomic mass is 16.3. The Labute approximate surface area is 83.8 Å². The van der Waals surface area contributed by atoms with Crippen LogP contribution in [-0.4, -0.2) is 9.67 Å². The molecule has 0 bridgehead atoms. The van der Waals surface area contributed by atoms with Gasteiger partial charge in [-0.3, -0.25) is 0 Å². The average molecular weight is 189 g/mol. The summed E-state index contributed by atoms with van der Waals surface area (Å²) in [6.45, 7) is 4.17. The van der Waals surface area contributed by atoms with Crippen molar-refractivity contribution < 1.29 is 5.11 Å². The van der Waals surface area contributed by atoms with E-state index >= 15 is 0 Å². The molecule has 0 saturated heterocycles. The van der Waals surface area contributed by atoms with Gasteiger partial charge in [-0.2, -0.15) is 0 Å². The van der Waals surface area contributed by atoms with Crippen LogP contribution in [0.25, 0.3) is 10.9 Å². The highest BCUT2D eigenvalue weighted by Crippen LogP contribution is 2.30. The number of phenols is 1. The van der Waals surface area contributed by atoms with E-state index in [0.717, 1.165) is 10.9 Å². The lowest BCUT2D eigenvalue weighted by molar-refractivity contribution is 0.466. The fourth-order valence-corrected chi connectivity index (χ4v) is 1.78. The molecule has 2 rings (SSSR count). The summed E-state index contributed by atoms with van der Waals surface area (Å²) < 4.78 is 2.07. The van der Waals surface area contributed by atoms with Crippen molar-refractivity contribution in [2.45, 2.75) is 19.8 Å². The second-order valence-corrected chi connectivity index (χ2v) is 4.05. The molecule has 14 heavy (non-hydrogen) atoms. The molecule has 0 unspecified atom stereocenters. The van der Waals surface area contributed by atoms with Gasteiger partial charge in [-0.15, -0.1) is 0 Å². The minimum Gasteiger partial charge on any atom is -0.508 e. The predicted octanol–water partition coefficient (Wildman–Crippen LogP) is 3.01. The monoisotopic (exact) mass is 189 g/mol. The first-order valence-corrected chi connectivity index (χ1v) is 4.87. The van der Waals surface area contributed by atoms with Gasteiger partial charge in [-0.1, -0.05) is 13.8 Å². The molecule has 74 valence electrons. The van der Waals surface area contributed by atoms with Crippen molar-refractivity contribution >= 4 is 10.9 Å². The summed E-state index contributed by atoms with van der Waals surface area (Å²) in [5, 5.41) is 10.9. The molecule has 0 radical (unpaired) electrons. The van der Waals surface area contributed by atoms with Crippen LogP contribution in [0.15, 0.2) is 24.4 Å². The minimum absolute atomic E-state index is 0.356. The standard InChI is InChI=1S/C12H15NO/c1-8(2)10-7-11-9(6-12(10)14)4-5-13(11)3/h4-8,14H,1-3H3. The van der Waals surface area contributed by atoms with Gasteiger partial charge >= 0.3 is 0 Å². The summed E-state index contributed by atoms with van der Waals surface area (Å²) in [7, 11) is 2.02. The molecule has 2 aromatic rings. The number of phenolic OH excluding ortho intramolecular Hbond substituents is 1. The van der Waals surface area contributed by atoms with Gasteiger partial charge in [0.2, 0.25) is 0 Å². The number of hydrogen-bond acceptors (Lipinski definition) is 1. The smallest absolute Gasteiger partial charge is 0.119 e. The Bertz CT molecular complexity index is 468. The molecule has 0 aliphatic carbocycles. The number of hydrogen-bond donors (Lipinski definition) is 1. The maximum absolute atomic E-state index is 9.78. The molecule has 2 heteroatoms. The molecule has 1 aromatic heterocycles. The van der Waals surface area contributed by atoms with Crippen molar-refractivity contribution in [3.8, 4) is 5.75 Å². The molecular weight excluding hydrogens is 174 g/mol. The Morgan fingerprint density at radius 3 is 2.64 bits per heavy atom. The zero-order chi connectivity index (χ0) is 10.3. The van der Waals surface area contributed by atoms with E-state index in [1.165, 1.54) is 5.52 Å². The van der Waals surface area contributed by atoms with Crippen molar-refractivity contribution in [1.82, 2.24) is 4.57 Å². The van der Waals surface area contributed by atoms with E-state index in [2.05, 4.69) is 24.5 Å². The van der Waals surface area contributed by atoms with Crippen LogP contribution in [0.3, 0.4) is 0 Å². The van der Waals surface area contributed by atoms with Gasteiger partial charge in [0.1, 0.15) is 5.75 Å². The first kappa shape index (κ1) is 9.13. The van der Waals surface area contributed by atoms with Gasteiger partial charge < -0.3 is 9.67 Å². The lowest BCUT2D eigenvalue weighted by Gasteiger charge is -2.09. The van der Waals surface area contributed by atoms with Gasteiger partial charge in [0.25, 0.3) is 0 Å². The predicted molar refractivity (Wildman–Crippen MR) is 58.7 cm³/mol. The molecule has 1 aromatic carbocycles. The number of rotatable bonds is 1. The molecule has 1 heterocycles. The fourth-order valence-electron chi connectivity index (χ4n) is 1.78. The van der Waals surface area contributed by atoms with Crippen LogP contribution >= 0.6 is 0 Å². The zero-order valence-electron chi connectivity index (χ0n) is 8.78. The van der Waals surface area contributed by atoms with Crippen molar-refractivity contribution in [2.75, 3.05) is 0 Å². The minimum atomic E-state index is 0.356. The Hall–Kier alpha value is -1.44. The van der Waals surface area contributed by atoms with E-state index in [1.54, 1.807) is 0 Å². The van der Waals surface area contributed by atoms with Crippen molar-refractivity contribution in [3.05, 3.63) is 30.0 Å². The Balaban J connectivity index is 2.74. The van der Waals surface area contributed by atoms with Crippen LogP contribution in [0.5, 0.6) is 5.75 Å². The summed E-state index contributed by atoms with van der Waals surface area (Å²) >= 11 is 0. The molecule has 0 atom stereocenters. The van der Waals surface area contributed by atoms with E-state index < -0.39 is 0 Å². The number of aromatic hydroxyl groups is 1. The number of aryl methyl sites for hydroxylation is 1. The number of aromatic nitrogens is 1. The zero-order valence-corrected chi connectivity index (χ0v) is 8.78. The van der Waals surface area contributed by atoms with Crippen LogP contribution in [0, 0.1) is 0 Å². The first-order chi connectivity index (χ1) is 6.59. The summed E-state index contributed by atoms with van der Waals surface area (Å²) in [6.07, 6.45) is 2.01. The van der Waals surface area contributed by atoms with Crippen LogP contribution in [0.4, 0.5) is 0 Å². The average Bonchev–Trinajstić information content (AvgIpc) is 2.46. The Kier molecular flexibility index (Phi) is 1.99. The third-order valence-corrected chi connectivity index (χ3v) is 2.66. The van der Waals surface area contributed by atoms with E-state index in [1.807, 2.05) is 25.4 Å². The van der Waals surface area contributed by atoms with E-state index in [-0.39, 0.29) is 0 Å². The van der Waals surface area contributed by atoms with Crippen molar-refractivity contribution in [1.29, 1.82) is 0 Å². The summed E-state index contributed by atoms with van der Waals surface area (Å²) in [4.78, 5) is 0. The van der Waals surface area contributed by atoms with Gasteiger partial charge in [0.05, 0.1) is 0 Å². The molecule has 0 fully saturated rings. The second kappa shape index (κ2) is 3.05. The largest absolute Gasteiger partial charge is 0.508 e. The summed E-state index contributed by atoms with van der Waals surface area (Å²) in [6, 6.07) is 5.92. The highest BCUT2D eigenvalue weighted by molar-refractivity contribution is 5.82. The van der Waals surface area contributed by atoms with Crippen molar-refractivity contribution in [2.24, 2.45) is 7.05 Å². The number of benzene rings is 1. The van der Waals surface area contributed by atoms with Crippen LogP contribution in [0.2, 0.25) is 0 Å². The first-order valence-electron chi connectivity index (χ1n) is 4.87. The quantitative estimate of drug-likeness (QED) is 0.733. The van der Waals surface area contributed by atoms with Crippen LogP contribution < -0.4 is 0 Å². The molecule has 2 nitrogen and oxygen atoms in total. The van der Waals surface area contributed by atoms with Gasteiger partial charge in [0, 0.05) is 24.1 Å². The Morgan fingerprint density at radius 1 is 1.29 bits per heavy atom. The van der Waals surface area contributed by atoms with Crippen molar-refractivity contribution in [3.63, 3.8) is 0 Å².